The first-order chi connectivity index (χ1) is 14.2. The van der Waals surface area contributed by atoms with Crippen molar-refractivity contribution in [1.29, 1.82) is 0 Å². The zero-order chi connectivity index (χ0) is 19.8. The number of aromatic nitrogens is 1. The number of nitrogens with zero attached hydrogens (tertiary/aromatic N) is 1. The van der Waals surface area contributed by atoms with Crippen molar-refractivity contribution in [3.63, 3.8) is 0 Å². The maximum atomic E-state index is 3.19. The fourth-order valence-corrected chi connectivity index (χ4v) is 4.70. The van der Waals surface area contributed by atoms with Crippen LogP contribution in [0.4, 0.5) is 0 Å². The Labute approximate surface area is 198 Å². The van der Waals surface area contributed by atoms with Crippen molar-refractivity contribution in [2.75, 3.05) is 0 Å². The Kier molecular flexibility index (Phi) is 6.35. The molecule has 1 aromatic heterocycles. The van der Waals surface area contributed by atoms with Crippen molar-refractivity contribution in [3.05, 3.63) is 95.2 Å². The third-order valence-electron chi connectivity index (χ3n) is 6.41. The third kappa shape index (κ3) is 3.83. The molecule has 0 unspecified atom stereocenters. The topological polar surface area (TPSA) is 4.93 Å². The van der Waals surface area contributed by atoms with E-state index in [0.717, 1.165) is 6.42 Å². The maximum absolute atomic E-state index is 3.19. The van der Waals surface area contributed by atoms with E-state index in [1.807, 2.05) is 0 Å². The minimum Gasteiger partial charge on any atom is -0.332 e. The summed E-state index contributed by atoms with van der Waals surface area (Å²) in [6.07, 6.45) is 11.5. The van der Waals surface area contributed by atoms with Crippen molar-refractivity contribution in [1.82, 2.24) is 4.57 Å². The number of rotatable bonds is 1. The molecule has 4 aromatic rings. The molecule has 0 fully saturated rings. The van der Waals surface area contributed by atoms with Gasteiger partial charge in [0.25, 0.3) is 0 Å². The second kappa shape index (κ2) is 8.98. The van der Waals surface area contributed by atoms with Crippen LogP contribution in [-0.2, 0) is 39.0 Å². The summed E-state index contributed by atoms with van der Waals surface area (Å²) in [5, 5.41) is 4.11. The smallest absolute Gasteiger partial charge is 0.332 e. The van der Waals surface area contributed by atoms with E-state index >= 15 is 0 Å². The van der Waals surface area contributed by atoms with Gasteiger partial charge >= 0.3 is 26.2 Å². The van der Waals surface area contributed by atoms with Crippen LogP contribution in [-0.4, -0.2) is 4.57 Å². The van der Waals surface area contributed by atoms with E-state index in [2.05, 4.69) is 91.2 Å². The Bertz CT molecular complexity index is 1200. The standard InChI is InChI=1S/C21H18N.C7H9.Zr/c1-2-8-16-14-17(13-15(16)7-1)22-20-11-5-3-9-18(20)19-10-4-6-12-21(19)22;1-6-4-3-5-7(6)2;/h1-3,5,7-9,11,13-14H,4,6,10,12H2;4H,3H2,1-2H3;/q2*-1;+2. The molecule has 148 valence electrons. The molecule has 0 N–H and O–H groups in total. The molecule has 2 aliphatic rings. The van der Waals surface area contributed by atoms with Gasteiger partial charge in [0.2, 0.25) is 0 Å². The molecule has 0 atom stereocenters. The zero-order valence-corrected chi connectivity index (χ0v) is 20.3. The van der Waals surface area contributed by atoms with Gasteiger partial charge in [-0.15, -0.1) is 54.4 Å². The van der Waals surface area contributed by atoms with Crippen molar-refractivity contribution >= 4 is 21.7 Å². The summed E-state index contributed by atoms with van der Waals surface area (Å²) in [6, 6.07) is 22.2. The van der Waals surface area contributed by atoms with Gasteiger partial charge in [-0.2, -0.15) is 6.08 Å². The van der Waals surface area contributed by atoms with Gasteiger partial charge in [-0.3, -0.25) is 6.08 Å². The van der Waals surface area contributed by atoms with Gasteiger partial charge in [0.15, 0.2) is 0 Å². The molecule has 3 aromatic carbocycles. The van der Waals surface area contributed by atoms with Crippen LogP contribution in [0.25, 0.3) is 27.4 Å². The number of hydrogen-bond acceptors (Lipinski definition) is 0. The van der Waals surface area contributed by atoms with Gasteiger partial charge in [-0.25, -0.2) is 11.1 Å². The van der Waals surface area contributed by atoms with Crippen LogP contribution >= 0.6 is 0 Å². The van der Waals surface area contributed by atoms with Crippen LogP contribution in [0.5, 0.6) is 0 Å². The predicted molar refractivity (Wildman–Crippen MR) is 124 cm³/mol. The van der Waals surface area contributed by atoms with E-state index < -0.39 is 0 Å². The SMILES string of the molecule is CC1=[C-]CC=C1C.[Zr+2].c1ccc2[cH-]c(-n3c4c(c5ccccc53)CCCC4)cc2c1. The van der Waals surface area contributed by atoms with Crippen molar-refractivity contribution in [2.24, 2.45) is 0 Å². The molecule has 2 aliphatic carbocycles. The van der Waals surface area contributed by atoms with Crippen LogP contribution in [0.1, 0.15) is 44.4 Å². The molecule has 0 amide bonds. The Morgan fingerprint density at radius 1 is 0.933 bits per heavy atom. The normalized spacial score (nSPS) is 15.1. The molecule has 1 heterocycles. The largest absolute Gasteiger partial charge is 2.00 e. The number of allylic oxidation sites excluding steroid dienone is 4. The van der Waals surface area contributed by atoms with Crippen LogP contribution in [0.15, 0.2) is 77.9 Å². The molecule has 1 nitrogen and oxygen atoms in total. The quantitative estimate of drug-likeness (QED) is 0.255. The number of hydrogen-bond donors (Lipinski definition) is 0. The monoisotopic (exact) mass is 467 g/mol. The molecule has 2 heteroatoms. The summed E-state index contributed by atoms with van der Waals surface area (Å²) in [5.41, 5.74) is 8.50. The second-order valence-corrected chi connectivity index (χ2v) is 8.22. The van der Waals surface area contributed by atoms with Crippen molar-refractivity contribution < 1.29 is 26.2 Å². The van der Waals surface area contributed by atoms with E-state index in [-0.39, 0.29) is 26.2 Å². The first-order valence-electron chi connectivity index (χ1n) is 10.7. The van der Waals surface area contributed by atoms with E-state index in [0.29, 0.717) is 0 Å². The Hall–Kier alpha value is -2.05. The van der Waals surface area contributed by atoms with Crippen LogP contribution in [0.2, 0.25) is 0 Å². The van der Waals surface area contributed by atoms with E-state index in [1.54, 1.807) is 5.56 Å². The van der Waals surface area contributed by atoms with Gasteiger partial charge in [0, 0.05) is 11.1 Å². The van der Waals surface area contributed by atoms with E-state index in [4.69, 9.17) is 0 Å². The molecule has 0 bridgehead atoms. The maximum Gasteiger partial charge on any atom is 2.00 e. The number of fused-ring (bicyclic) bond motifs is 4. The molecule has 0 radical (unpaired) electrons. The van der Waals surface area contributed by atoms with Crippen molar-refractivity contribution in [2.45, 2.75) is 46.0 Å². The average molecular weight is 469 g/mol. The summed E-state index contributed by atoms with van der Waals surface area (Å²) < 4.78 is 2.50. The predicted octanol–water partition coefficient (Wildman–Crippen LogP) is 7.46. The molecular formula is C28H27NZr. The van der Waals surface area contributed by atoms with Gasteiger partial charge in [0.1, 0.15) is 0 Å². The molecule has 0 saturated carbocycles. The molecule has 0 aliphatic heterocycles. The summed E-state index contributed by atoms with van der Waals surface area (Å²) in [4.78, 5) is 0. The summed E-state index contributed by atoms with van der Waals surface area (Å²) in [7, 11) is 0. The molecule has 0 saturated heterocycles. The van der Waals surface area contributed by atoms with Gasteiger partial charge in [0.05, 0.1) is 5.52 Å². The molecule has 6 rings (SSSR count). The van der Waals surface area contributed by atoms with E-state index in [9.17, 15) is 0 Å². The number of para-hydroxylation sites is 1. The zero-order valence-electron chi connectivity index (χ0n) is 17.8. The van der Waals surface area contributed by atoms with Crippen LogP contribution in [0, 0.1) is 6.08 Å². The van der Waals surface area contributed by atoms with Crippen LogP contribution in [0.3, 0.4) is 0 Å². The third-order valence-corrected chi connectivity index (χ3v) is 6.41. The average Bonchev–Trinajstić information content (AvgIpc) is 3.43. The molecule has 30 heavy (non-hydrogen) atoms. The summed E-state index contributed by atoms with van der Waals surface area (Å²) in [5.74, 6) is 0. The minimum atomic E-state index is 0. The Morgan fingerprint density at radius 3 is 2.43 bits per heavy atom. The first-order valence-corrected chi connectivity index (χ1v) is 10.7. The van der Waals surface area contributed by atoms with Crippen LogP contribution < -0.4 is 0 Å². The summed E-state index contributed by atoms with van der Waals surface area (Å²) >= 11 is 0. The van der Waals surface area contributed by atoms with Gasteiger partial charge in [-0.05, 0) is 43.0 Å². The first kappa shape index (κ1) is 21.2. The fourth-order valence-electron chi connectivity index (χ4n) is 4.70. The number of benzene rings is 2. The van der Waals surface area contributed by atoms with Gasteiger partial charge in [-0.1, -0.05) is 31.2 Å². The summed E-state index contributed by atoms with van der Waals surface area (Å²) in [6.45, 7) is 4.22. The molecule has 0 spiro atoms. The van der Waals surface area contributed by atoms with E-state index in [1.165, 1.54) is 69.9 Å². The fraction of sp³-hybridized carbons (Fsp3) is 0.250. The Morgan fingerprint density at radius 2 is 1.70 bits per heavy atom. The van der Waals surface area contributed by atoms with Crippen molar-refractivity contribution in [3.8, 4) is 5.69 Å². The minimum absolute atomic E-state index is 0. The van der Waals surface area contributed by atoms with Gasteiger partial charge < -0.3 is 4.57 Å². The second-order valence-electron chi connectivity index (χ2n) is 8.22. The Balaban J connectivity index is 0.000000235. The molecular weight excluding hydrogens is 442 g/mol. The number of aryl methyl sites for hydroxylation is 1.